The average Bonchev–Trinajstić information content (AvgIpc) is 2.84. The molecule has 0 aliphatic carbocycles. The van der Waals surface area contributed by atoms with Crippen LogP contribution in [0.5, 0.6) is 5.75 Å². The van der Waals surface area contributed by atoms with Gasteiger partial charge in [-0.3, -0.25) is 4.79 Å². The number of fused-ring (bicyclic) bond motifs is 1. The second kappa shape index (κ2) is 6.89. The van der Waals surface area contributed by atoms with Crippen LogP contribution in [-0.4, -0.2) is 17.0 Å². The van der Waals surface area contributed by atoms with Crippen molar-refractivity contribution in [1.82, 2.24) is 4.57 Å². The Bertz CT molecular complexity index is 968. The number of hydrogen-bond donors (Lipinski definition) is 0. The highest BCUT2D eigenvalue weighted by Gasteiger charge is 2.20. The van der Waals surface area contributed by atoms with Crippen molar-refractivity contribution < 1.29 is 9.53 Å². The SMILES string of the molecule is C=CCOc1cc2c(C(C)=O)c(C)n(-c3ccc(C)cc3)c2cc1Br. The standard InChI is InChI=1S/C21H20BrNO2/c1-5-10-25-20-11-17-19(12-18(20)22)23(14(3)21(17)15(4)24)16-8-6-13(2)7-9-16/h5-9,11-12H,1,10H2,2-4H3. The zero-order chi connectivity index (χ0) is 18.1. The summed E-state index contributed by atoms with van der Waals surface area (Å²) in [5.74, 6) is 0.751. The molecule has 0 fully saturated rings. The Morgan fingerprint density at radius 1 is 1.24 bits per heavy atom. The molecule has 3 rings (SSSR count). The first-order chi connectivity index (χ1) is 11.9. The molecule has 0 aliphatic heterocycles. The first kappa shape index (κ1) is 17.5. The third-order valence-electron chi connectivity index (χ3n) is 4.26. The van der Waals surface area contributed by atoms with Gasteiger partial charge in [0.1, 0.15) is 12.4 Å². The lowest BCUT2D eigenvalue weighted by Crippen LogP contribution is -1.99. The van der Waals surface area contributed by atoms with E-state index in [0.29, 0.717) is 12.4 Å². The molecule has 0 spiro atoms. The van der Waals surface area contributed by atoms with Crippen molar-refractivity contribution in [2.75, 3.05) is 6.61 Å². The fraction of sp³-hybridized carbons (Fsp3) is 0.190. The van der Waals surface area contributed by atoms with E-state index >= 15 is 0 Å². The van der Waals surface area contributed by atoms with Crippen LogP contribution in [0.2, 0.25) is 0 Å². The highest BCUT2D eigenvalue weighted by Crippen LogP contribution is 2.37. The maximum atomic E-state index is 12.3. The Morgan fingerprint density at radius 3 is 2.52 bits per heavy atom. The summed E-state index contributed by atoms with van der Waals surface area (Å²) >= 11 is 3.58. The van der Waals surface area contributed by atoms with Gasteiger partial charge in [0.2, 0.25) is 0 Å². The lowest BCUT2D eigenvalue weighted by atomic mass is 10.1. The molecular weight excluding hydrogens is 378 g/mol. The maximum Gasteiger partial charge on any atom is 0.162 e. The molecule has 0 saturated carbocycles. The largest absolute Gasteiger partial charge is 0.488 e. The smallest absolute Gasteiger partial charge is 0.162 e. The molecular formula is C21H20BrNO2. The van der Waals surface area contributed by atoms with E-state index in [-0.39, 0.29) is 5.78 Å². The number of halogens is 1. The van der Waals surface area contributed by atoms with E-state index in [1.807, 2.05) is 19.1 Å². The number of aromatic nitrogens is 1. The Labute approximate surface area is 156 Å². The van der Waals surface area contributed by atoms with Crippen LogP contribution in [0.15, 0.2) is 53.5 Å². The summed E-state index contributed by atoms with van der Waals surface area (Å²) in [6.45, 7) is 9.74. The second-order valence-electron chi connectivity index (χ2n) is 6.09. The molecule has 0 aliphatic rings. The fourth-order valence-electron chi connectivity index (χ4n) is 3.15. The molecule has 0 unspecified atom stereocenters. The van der Waals surface area contributed by atoms with Crippen molar-refractivity contribution in [2.45, 2.75) is 20.8 Å². The number of carbonyl (C=O) groups excluding carboxylic acids is 1. The van der Waals surface area contributed by atoms with Crippen LogP contribution < -0.4 is 4.74 Å². The van der Waals surface area contributed by atoms with E-state index < -0.39 is 0 Å². The van der Waals surface area contributed by atoms with Gasteiger partial charge in [0, 0.05) is 22.3 Å². The van der Waals surface area contributed by atoms with Gasteiger partial charge in [-0.1, -0.05) is 30.4 Å². The Morgan fingerprint density at radius 2 is 1.92 bits per heavy atom. The number of carbonyl (C=O) groups is 1. The minimum absolute atomic E-state index is 0.0466. The first-order valence-corrected chi connectivity index (χ1v) is 8.89. The van der Waals surface area contributed by atoms with Crippen molar-refractivity contribution in [3.63, 3.8) is 0 Å². The highest BCUT2D eigenvalue weighted by molar-refractivity contribution is 9.10. The minimum Gasteiger partial charge on any atom is -0.488 e. The van der Waals surface area contributed by atoms with Gasteiger partial charge < -0.3 is 9.30 Å². The maximum absolute atomic E-state index is 12.3. The van der Waals surface area contributed by atoms with Crippen LogP contribution >= 0.6 is 15.9 Å². The van der Waals surface area contributed by atoms with Gasteiger partial charge in [-0.25, -0.2) is 0 Å². The number of nitrogens with zero attached hydrogens (tertiary/aromatic N) is 1. The molecule has 0 N–H and O–H groups in total. The summed E-state index contributed by atoms with van der Waals surface area (Å²) in [7, 11) is 0. The lowest BCUT2D eigenvalue weighted by molar-refractivity contribution is 0.101. The van der Waals surface area contributed by atoms with Gasteiger partial charge >= 0.3 is 0 Å². The zero-order valence-electron chi connectivity index (χ0n) is 14.6. The molecule has 1 aromatic heterocycles. The van der Waals surface area contributed by atoms with Crippen LogP contribution in [0.25, 0.3) is 16.6 Å². The van der Waals surface area contributed by atoms with E-state index in [1.54, 1.807) is 13.0 Å². The van der Waals surface area contributed by atoms with E-state index in [2.05, 4.69) is 58.3 Å². The quantitative estimate of drug-likeness (QED) is 0.403. The van der Waals surface area contributed by atoms with Crippen LogP contribution in [0, 0.1) is 13.8 Å². The summed E-state index contributed by atoms with van der Waals surface area (Å²) in [5.41, 5.74) is 4.87. The molecule has 3 aromatic rings. The first-order valence-electron chi connectivity index (χ1n) is 8.10. The highest BCUT2D eigenvalue weighted by atomic mass is 79.9. The Hall–Kier alpha value is -2.33. The monoisotopic (exact) mass is 397 g/mol. The fourth-order valence-corrected chi connectivity index (χ4v) is 3.59. The van der Waals surface area contributed by atoms with Crippen molar-refractivity contribution in [3.05, 3.63) is 70.3 Å². The Balaban J connectivity index is 2.32. The number of ketones is 1. The van der Waals surface area contributed by atoms with E-state index in [0.717, 1.165) is 32.3 Å². The van der Waals surface area contributed by atoms with Crippen molar-refractivity contribution in [1.29, 1.82) is 0 Å². The zero-order valence-corrected chi connectivity index (χ0v) is 16.2. The lowest BCUT2D eigenvalue weighted by Gasteiger charge is -2.10. The van der Waals surface area contributed by atoms with Gasteiger partial charge in [0.15, 0.2) is 5.78 Å². The molecule has 0 amide bonds. The number of hydrogen-bond acceptors (Lipinski definition) is 2. The van der Waals surface area contributed by atoms with E-state index in [1.165, 1.54) is 5.56 Å². The average molecular weight is 398 g/mol. The predicted molar refractivity (Wildman–Crippen MR) is 106 cm³/mol. The Kier molecular flexibility index (Phi) is 4.82. The normalized spacial score (nSPS) is 10.9. The molecule has 128 valence electrons. The third kappa shape index (κ3) is 3.14. The van der Waals surface area contributed by atoms with Gasteiger partial charge in [0.05, 0.1) is 9.99 Å². The third-order valence-corrected chi connectivity index (χ3v) is 4.88. The van der Waals surface area contributed by atoms with Crippen molar-refractivity contribution >= 4 is 32.6 Å². The number of aryl methyl sites for hydroxylation is 1. The molecule has 25 heavy (non-hydrogen) atoms. The van der Waals surface area contributed by atoms with Crippen molar-refractivity contribution in [3.8, 4) is 11.4 Å². The molecule has 1 heterocycles. The van der Waals surface area contributed by atoms with E-state index in [9.17, 15) is 4.79 Å². The van der Waals surface area contributed by atoms with Gasteiger partial charge in [-0.2, -0.15) is 0 Å². The summed E-state index contributed by atoms with van der Waals surface area (Å²) in [4.78, 5) is 12.3. The van der Waals surface area contributed by atoms with E-state index in [4.69, 9.17) is 4.74 Å². The topological polar surface area (TPSA) is 31.2 Å². The molecule has 0 radical (unpaired) electrons. The summed E-state index contributed by atoms with van der Waals surface area (Å²) in [6, 6.07) is 12.2. The summed E-state index contributed by atoms with van der Waals surface area (Å²) in [6.07, 6.45) is 1.70. The molecule has 3 nitrogen and oxygen atoms in total. The predicted octanol–water partition coefficient (Wildman–Crippen LogP) is 5.78. The van der Waals surface area contributed by atoms with Crippen molar-refractivity contribution in [2.24, 2.45) is 0 Å². The number of ether oxygens (including phenoxy) is 1. The number of rotatable bonds is 5. The molecule has 2 aromatic carbocycles. The van der Waals surface area contributed by atoms with Gasteiger partial charge in [0.25, 0.3) is 0 Å². The van der Waals surface area contributed by atoms with Crippen LogP contribution in [0.1, 0.15) is 28.5 Å². The molecule has 0 saturated heterocycles. The van der Waals surface area contributed by atoms with Gasteiger partial charge in [-0.15, -0.1) is 0 Å². The second-order valence-corrected chi connectivity index (χ2v) is 6.94. The van der Waals surface area contributed by atoms with Crippen LogP contribution in [0.3, 0.4) is 0 Å². The molecule has 0 bridgehead atoms. The molecule has 4 heteroatoms. The summed E-state index contributed by atoms with van der Waals surface area (Å²) < 4.78 is 8.68. The summed E-state index contributed by atoms with van der Waals surface area (Å²) in [5, 5.41) is 0.896. The van der Waals surface area contributed by atoms with Crippen LogP contribution in [-0.2, 0) is 0 Å². The molecule has 0 atom stereocenters. The number of Topliss-reactive ketones (excluding diaryl/α,β-unsaturated/α-hetero) is 1. The number of benzene rings is 2. The minimum atomic E-state index is 0.0466. The van der Waals surface area contributed by atoms with Crippen LogP contribution in [0.4, 0.5) is 0 Å². The van der Waals surface area contributed by atoms with Gasteiger partial charge in [-0.05, 0) is 61.0 Å².